The Morgan fingerprint density at radius 3 is 1.35 bits per heavy atom. The first kappa shape index (κ1) is 74.5. The minimum Gasteiger partial charge on any atom is -1.00 e. The molecule has 49 heavy (non-hydrogen) atoms. The van der Waals surface area contributed by atoms with E-state index in [-0.39, 0.29) is 71.1 Å². The first-order valence-corrected chi connectivity index (χ1v) is 17.9. The van der Waals surface area contributed by atoms with Crippen LogP contribution >= 0.6 is 11.6 Å². The fraction of sp³-hybridized carbons (Fsp3) is 0.947. The number of ether oxygens (including phenoxy) is 1. The van der Waals surface area contributed by atoms with Gasteiger partial charge >= 0.3 is 18.9 Å². The molecular formula is C38H96AlClFLiN4O3. The summed E-state index contributed by atoms with van der Waals surface area (Å²) in [6, 6.07) is 0. The Bertz CT molecular complexity index is 493. The van der Waals surface area contributed by atoms with Crippen LogP contribution in [0.4, 0.5) is 4.39 Å². The van der Waals surface area contributed by atoms with Crippen LogP contribution in [-0.4, -0.2) is 101 Å². The number of hydrogen-bond donors (Lipinski definition) is 3. The number of hydrogen-bond acceptors (Lipinski definition) is 6. The monoisotopic (exact) mass is 746 g/mol. The molecule has 0 spiro atoms. The predicted octanol–water partition coefficient (Wildman–Crippen LogP) is 6.75. The molecule has 0 aromatic rings. The molecule has 0 aromatic heterocycles. The number of nitrogens with zero attached hydrogens (tertiary/aromatic N) is 1. The van der Waals surface area contributed by atoms with Crippen molar-refractivity contribution in [1.82, 2.24) is 15.5 Å². The zero-order chi connectivity index (χ0) is 35.8. The molecule has 1 aliphatic heterocycles. The van der Waals surface area contributed by atoms with Crippen LogP contribution in [0.15, 0.2) is 0 Å². The van der Waals surface area contributed by atoms with Crippen LogP contribution < -0.4 is 35.2 Å². The molecule has 11 heteroatoms. The molecule has 0 saturated carbocycles. The SMILES string of the molecule is C.C.C.C1CCOC1.CCCCCCC(=O)Cl.CCCCCCC(=O)NC.CCCCCCCNC.CCN(CC)CC.CN.[2H]CF.[AlH3].[H-].[Li+]. The smallest absolute Gasteiger partial charge is 1.00 e. The van der Waals surface area contributed by atoms with Crippen molar-refractivity contribution in [2.45, 2.75) is 173 Å². The van der Waals surface area contributed by atoms with Crippen molar-refractivity contribution in [3.8, 4) is 0 Å². The molecule has 0 unspecified atom stereocenters. The number of halogens is 2. The largest absolute Gasteiger partial charge is 1.00 e. The van der Waals surface area contributed by atoms with E-state index in [0.29, 0.717) is 12.8 Å². The zero-order valence-corrected chi connectivity index (χ0v) is 32.7. The Kier molecular flexibility index (Phi) is 132. The molecule has 1 rings (SSSR count). The van der Waals surface area contributed by atoms with Gasteiger partial charge in [0.15, 0.2) is 17.4 Å². The molecule has 7 nitrogen and oxygen atoms in total. The van der Waals surface area contributed by atoms with Gasteiger partial charge in [-0.3, -0.25) is 14.0 Å². The van der Waals surface area contributed by atoms with Gasteiger partial charge in [0.25, 0.3) is 0 Å². The van der Waals surface area contributed by atoms with E-state index < -0.39 is 7.15 Å². The molecule has 1 fully saturated rings. The van der Waals surface area contributed by atoms with Crippen LogP contribution in [0.3, 0.4) is 0 Å². The van der Waals surface area contributed by atoms with Crippen molar-refractivity contribution in [1.29, 1.82) is 0 Å². The number of carbonyl (C=O) groups is 2. The van der Waals surface area contributed by atoms with E-state index in [2.05, 4.69) is 62.8 Å². The summed E-state index contributed by atoms with van der Waals surface area (Å²) in [5.74, 6) is 0.163. The number of rotatable bonds is 19. The third kappa shape index (κ3) is 106. The molecule has 0 aliphatic carbocycles. The van der Waals surface area contributed by atoms with Crippen molar-refractivity contribution >= 4 is 40.1 Å². The van der Waals surface area contributed by atoms with Gasteiger partial charge in [-0.1, -0.05) is 128 Å². The first-order valence-electron chi connectivity index (χ1n) is 18.2. The number of amides is 1. The Hall–Kier alpha value is 0.330. The molecule has 0 bridgehead atoms. The summed E-state index contributed by atoms with van der Waals surface area (Å²) in [4.78, 5) is 23.2. The molecule has 0 aromatic carbocycles. The van der Waals surface area contributed by atoms with Gasteiger partial charge in [0.1, 0.15) is 0 Å². The van der Waals surface area contributed by atoms with Gasteiger partial charge in [-0.25, -0.2) is 0 Å². The van der Waals surface area contributed by atoms with Crippen LogP contribution in [0.5, 0.6) is 0 Å². The summed E-state index contributed by atoms with van der Waals surface area (Å²) in [6.45, 7) is 19.9. The van der Waals surface area contributed by atoms with Crippen molar-refractivity contribution in [3.05, 3.63) is 0 Å². The molecule has 304 valence electrons. The van der Waals surface area contributed by atoms with Crippen LogP contribution in [0.1, 0.15) is 176 Å². The summed E-state index contributed by atoms with van der Waals surface area (Å²) in [5.41, 5.74) is 4.50. The normalized spacial score (nSPS) is 9.94. The van der Waals surface area contributed by atoms with Gasteiger partial charge in [0.2, 0.25) is 11.1 Å². The molecule has 1 aliphatic rings. The second kappa shape index (κ2) is 86.7. The van der Waals surface area contributed by atoms with Gasteiger partial charge in [0.05, 0.1) is 8.52 Å². The molecule has 0 radical (unpaired) electrons. The van der Waals surface area contributed by atoms with E-state index in [1.54, 1.807) is 7.05 Å². The van der Waals surface area contributed by atoms with Crippen molar-refractivity contribution in [2.24, 2.45) is 5.73 Å². The van der Waals surface area contributed by atoms with Crippen LogP contribution in [-0.2, 0) is 14.3 Å². The van der Waals surface area contributed by atoms with Gasteiger partial charge < -0.3 is 27.4 Å². The van der Waals surface area contributed by atoms with E-state index >= 15 is 0 Å². The Balaban J connectivity index is -0.0000000354. The summed E-state index contributed by atoms with van der Waals surface area (Å²) in [5, 5.41) is 5.54. The topological polar surface area (TPSA) is 96.7 Å². The van der Waals surface area contributed by atoms with E-state index in [9.17, 15) is 14.0 Å². The molecule has 1 saturated heterocycles. The molecular weight excluding hydrogens is 649 g/mol. The average molecular weight is 747 g/mol. The number of unbranched alkanes of at least 4 members (excludes halogenated alkanes) is 10. The van der Waals surface area contributed by atoms with E-state index in [1.165, 1.54) is 110 Å². The second-order valence-electron chi connectivity index (χ2n) is 10.1. The number of nitrogens with one attached hydrogen (secondary N) is 2. The average Bonchev–Trinajstić information content (AvgIpc) is 3.65. The summed E-state index contributed by atoms with van der Waals surface area (Å²) in [7, 11) is 4.20. The van der Waals surface area contributed by atoms with Gasteiger partial charge in [-0.2, -0.15) is 0 Å². The van der Waals surface area contributed by atoms with Crippen LogP contribution in [0, 0.1) is 0 Å². The molecule has 4 N–H and O–H groups in total. The Morgan fingerprint density at radius 1 is 0.755 bits per heavy atom. The third-order valence-electron chi connectivity index (χ3n) is 6.46. The van der Waals surface area contributed by atoms with Crippen LogP contribution in [0.25, 0.3) is 0 Å². The maximum Gasteiger partial charge on any atom is 1.00 e. The Labute approximate surface area is 340 Å². The Morgan fingerprint density at radius 2 is 1.10 bits per heavy atom. The van der Waals surface area contributed by atoms with Crippen molar-refractivity contribution in [2.75, 3.05) is 67.7 Å². The van der Waals surface area contributed by atoms with Gasteiger partial charge in [0, 0.05) is 33.1 Å². The maximum atomic E-state index is 10.7. The second-order valence-corrected chi connectivity index (χ2v) is 10.5. The van der Waals surface area contributed by atoms with E-state index in [0.717, 1.165) is 32.5 Å². The standard InChI is InChI=1S/C8H17NO.C8H19N.C7H13ClO.C6H15N.C4H8O.CH3F.CH5N.3CH4.Al.Li.4H/c1-3-4-5-6-7-8(10)9-2;1-3-4-5-6-7-8-9-2;1-2-3-4-5-6-7(8)9;1-4-7(5-2)6-3;1-2-4-5-3-1;2*1-2;;;;;;;;;/h3-7H2,1-2H3,(H,9,10);9H,3-8H2,1-2H3;2-6H2,1H3;4-6H2,1-3H3;1-4H2;1H3;2H2,1H3;3*1H4;;;;;;/q;;;;;;;;;;;+1;;;;-1/i;;;;;1D;;;;;;;;;;. The van der Waals surface area contributed by atoms with Crippen molar-refractivity contribution < 1.29 is 40.4 Å². The third-order valence-corrected chi connectivity index (χ3v) is 6.65. The molecule has 0 atom stereocenters. The minimum absolute atomic E-state index is 0. The summed E-state index contributed by atoms with van der Waals surface area (Å²) in [6.07, 6.45) is 19.9. The molecule has 1 heterocycles. The summed E-state index contributed by atoms with van der Waals surface area (Å²) >= 11 is 5.12. The van der Waals surface area contributed by atoms with Gasteiger partial charge in [-0.15, -0.1) is 0 Å². The van der Waals surface area contributed by atoms with E-state index in [1.807, 2.05) is 7.05 Å². The number of carbonyl (C=O) groups excluding carboxylic acids is 2. The van der Waals surface area contributed by atoms with Crippen LogP contribution in [0.2, 0.25) is 0 Å². The minimum atomic E-state index is -1.00. The maximum absolute atomic E-state index is 10.7. The fourth-order valence-electron chi connectivity index (χ4n) is 3.61. The summed E-state index contributed by atoms with van der Waals surface area (Å²) < 4.78 is 20.4. The first-order chi connectivity index (χ1) is 21.8. The van der Waals surface area contributed by atoms with Crippen molar-refractivity contribution in [3.63, 3.8) is 0 Å². The zero-order valence-electron chi connectivity index (χ0n) is 34.0. The fourth-order valence-corrected chi connectivity index (χ4v) is 3.75. The van der Waals surface area contributed by atoms with Gasteiger partial charge in [-0.05, 0) is 84.0 Å². The predicted molar refractivity (Wildman–Crippen MR) is 227 cm³/mol. The quantitative estimate of drug-likeness (QED) is 0.0770. The molecule has 1 amide bonds. The number of nitrogens with two attached hydrogens (primary N) is 1. The number of alkyl halides is 1. The van der Waals surface area contributed by atoms with E-state index in [4.69, 9.17) is 17.7 Å².